The first kappa shape index (κ1) is 14.1. The van der Waals surface area contributed by atoms with E-state index in [9.17, 15) is 0 Å². The smallest absolute Gasteiger partial charge is 0.141 e. The van der Waals surface area contributed by atoms with Gasteiger partial charge in [0.25, 0.3) is 0 Å². The van der Waals surface area contributed by atoms with Gasteiger partial charge in [-0.25, -0.2) is 9.97 Å². The molecule has 0 bridgehead atoms. The van der Waals surface area contributed by atoms with Gasteiger partial charge >= 0.3 is 0 Å². The average molecular weight is 314 g/mol. The van der Waals surface area contributed by atoms with Gasteiger partial charge in [-0.15, -0.1) is 0 Å². The molecule has 0 atom stereocenters. The van der Waals surface area contributed by atoms with E-state index in [1.165, 1.54) is 0 Å². The average Bonchev–Trinajstić information content (AvgIpc) is 2.63. The number of benzene rings is 2. The number of hydrogen-bond donors (Lipinski definition) is 1. The summed E-state index contributed by atoms with van der Waals surface area (Å²) < 4.78 is 5.83. The van der Waals surface area contributed by atoms with Crippen molar-refractivity contribution in [2.75, 3.05) is 5.32 Å². The number of anilines is 2. The quantitative estimate of drug-likeness (QED) is 0.598. The minimum Gasteiger partial charge on any atom is -0.457 e. The van der Waals surface area contributed by atoms with Gasteiger partial charge in [-0.1, -0.05) is 18.2 Å². The van der Waals surface area contributed by atoms with Gasteiger partial charge in [0.05, 0.1) is 5.52 Å². The van der Waals surface area contributed by atoms with Crippen molar-refractivity contribution in [1.82, 2.24) is 15.0 Å². The fourth-order valence-electron chi connectivity index (χ4n) is 2.42. The number of nitrogens with one attached hydrogen (secondary N) is 1. The van der Waals surface area contributed by atoms with Gasteiger partial charge in [0.15, 0.2) is 0 Å². The van der Waals surface area contributed by atoms with Gasteiger partial charge in [0, 0.05) is 29.5 Å². The lowest BCUT2D eigenvalue weighted by Gasteiger charge is -2.10. The van der Waals surface area contributed by atoms with E-state index in [4.69, 9.17) is 4.74 Å². The van der Waals surface area contributed by atoms with E-state index in [2.05, 4.69) is 20.3 Å². The van der Waals surface area contributed by atoms with Crippen LogP contribution >= 0.6 is 0 Å². The lowest BCUT2D eigenvalue weighted by molar-refractivity contribution is 0.482. The molecular formula is C19H14N4O. The van der Waals surface area contributed by atoms with Crippen molar-refractivity contribution in [3.8, 4) is 11.5 Å². The molecule has 0 aliphatic heterocycles. The number of hydrogen-bond acceptors (Lipinski definition) is 5. The number of nitrogens with zero attached hydrogens (tertiary/aromatic N) is 3. The van der Waals surface area contributed by atoms with E-state index in [0.29, 0.717) is 0 Å². The maximum absolute atomic E-state index is 5.83. The number of aromatic nitrogens is 3. The van der Waals surface area contributed by atoms with Crippen molar-refractivity contribution >= 4 is 22.4 Å². The monoisotopic (exact) mass is 314 g/mol. The van der Waals surface area contributed by atoms with Crippen LogP contribution in [-0.4, -0.2) is 15.0 Å². The fourth-order valence-corrected chi connectivity index (χ4v) is 2.42. The van der Waals surface area contributed by atoms with E-state index in [1.807, 2.05) is 60.7 Å². The van der Waals surface area contributed by atoms with Crippen LogP contribution in [0.15, 0.2) is 79.4 Å². The van der Waals surface area contributed by atoms with Gasteiger partial charge in [-0.2, -0.15) is 0 Å². The molecule has 116 valence electrons. The third-order valence-corrected chi connectivity index (χ3v) is 3.53. The van der Waals surface area contributed by atoms with Crippen LogP contribution in [0.1, 0.15) is 0 Å². The van der Waals surface area contributed by atoms with Gasteiger partial charge < -0.3 is 10.1 Å². The second-order valence-electron chi connectivity index (χ2n) is 5.18. The molecule has 0 unspecified atom stereocenters. The lowest BCUT2D eigenvalue weighted by atomic mass is 10.2. The largest absolute Gasteiger partial charge is 0.457 e. The van der Waals surface area contributed by atoms with Gasteiger partial charge in [0.1, 0.15) is 23.6 Å². The summed E-state index contributed by atoms with van der Waals surface area (Å²) in [6, 6.07) is 19.3. The standard InChI is InChI=1S/C19H14N4O/c1-2-7-18-17(6-1)19(22-13-21-18)23-14-4-3-5-16(12-14)24-15-8-10-20-11-9-15/h1-13H,(H,21,22,23). The lowest BCUT2D eigenvalue weighted by Crippen LogP contribution is -1.96. The number of pyridine rings is 1. The van der Waals surface area contributed by atoms with Crippen LogP contribution in [0.5, 0.6) is 11.5 Å². The number of rotatable bonds is 4. The summed E-state index contributed by atoms with van der Waals surface area (Å²) in [7, 11) is 0. The molecule has 5 nitrogen and oxygen atoms in total. The highest BCUT2D eigenvalue weighted by Crippen LogP contribution is 2.27. The highest BCUT2D eigenvalue weighted by atomic mass is 16.5. The molecule has 2 aromatic carbocycles. The normalized spacial score (nSPS) is 10.5. The van der Waals surface area contributed by atoms with Crippen LogP contribution in [0, 0.1) is 0 Å². The maximum Gasteiger partial charge on any atom is 0.141 e. The third kappa shape index (κ3) is 3.01. The van der Waals surface area contributed by atoms with E-state index >= 15 is 0 Å². The SMILES string of the molecule is c1cc(Nc2ncnc3ccccc23)cc(Oc2ccncc2)c1. The first-order valence-electron chi connectivity index (χ1n) is 7.53. The Hall–Kier alpha value is -3.47. The zero-order valence-corrected chi connectivity index (χ0v) is 12.8. The first-order valence-corrected chi connectivity index (χ1v) is 7.53. The van der Waals surface area contributed by atoms with Crippen LogP contribution in [0.4, 0.5) is 11.5 Å². The highest BCUT2D eigenvalue weighted by Gasteiger charge is 2.04. The molecule has 0 radical (unpaired) electrons. The molecule has 2 aromatic heterocycles. The molecule has 0 aliphatic rings. The molecule has 4 rings (SSSR count). The molecule has 0 saturated carbocycles. The van der Waals surface area contributed by atoms with Crippen LogP contribution in [0.25, 0.3) is 10.9 Å². The van der Waals surface area contributed by atoms with Gasteiger partial charge in [0.2, 0.25) is 0 Å². The second kappa shape index (κ2) is 6.34. The van der Waals surface area contributed by atoms with Crippen molar-refractivity contribution in [2.24, 2.45) is 0 Å². The number of fused-ring (bicyclic) bond motifs is 1. The Morgan fingerprint density at radius 3 is 2.58 bits per heavy atom. The Balaban J connectivity index is 1.62. The predicted molar refractivity (Wildman–Crippen MR) is 93.6 cm³/mol. The van der Waals surface area contributed by atoms with Crippen LogP contribution < -0.4 is 10.1 Å². The van der Waals surface area contributed by atoms with E-state index in [-0.39, 0.29) is 0 Å². The van der Waals surface area contributed by atoms with Crippen molar-refractivity contribution in [3.05, 3.63) is 79.4 Å². The molecular weight excluding hydrogens is 300 g/mol. The van der Waals surface area contributed by atoms with Crippen molar-refractivity contribution in [1.29, 1.82) is 0 Å². The summed E-state index contributed by atoms with van der Waals surface area (Å²) in [5.41, 5.74) is 1.80. The molecule has 2 heterocycles. The summed E-state index contributed by atoms with van der Waals surface area (Å²) in [6.07, 6.45) is 4.96. The topological polar surface area (TPSA) is 59.9 Å². The Morgan fingerprint density at radius 1 is 0.792 bits per heavy atom. The predicted octanol–water partition coefficient (Wildman–Crippen LogP) is 4.56. The molecule has 0 saturated heterocycles. The van der Waals surface area contributed by atoms with Crippen LogP contribution in [0.2, 0.25) is 0 Å². The summed E-state index contributed by atoms with van der Waals surface area (Å²) in [6.45, 7) is 0. The van der Waals surface area contributed by atoms with Crippen LogP contribution in [-0.2, 0) is 0 Å². The minimum atomic E-state index is 0.740. The van der Waals surface area contributed by atoms with E-state index in [1.54, 1.807) is 18.7 Å². The maximum atomic E-state index is 5.83. The van der Waals surface area contributed by atoms with Gasteiger partial charge in [-0.3, -0.25) is 4.98 Å². The van der Waals surface area contributed by atoms with Crippen molar-refractivity contribution in [2.45, 2.75) is 0 Å². The fraction of sp³-hybridized carbons (Fsp3) is 0. The molecule has 0 amide bonds. The molecule has 0 fully saturated rings. The minimum absolute atomic E-state index is 0.740. The Morgan fingerprint density at radius 2 is 1.67 bits per heavy atom. The Labute approximate surface area is 139 Å². The number of para-hydroxylation sites is 1. The second-order valence-corrected chi connectivity index (χ2v) is 5.18. The third-order valence-electron chi connectivity index (χ3n) is 3.53. The molecule has 1 N–H and O–H groups in total. The Kier molecular flexibility index (Phi) is 3.73. The highest BCUT2D eigenvalue weighted by molar-refractivity contribution is 5.90. The summed E-state index contributed by atoms with van der Waals surface area (Å²) in [5, 5.41) is 4.30. The summed E-state index contributed by atoms with van der Waals surface area (Å²) >= 11 is 0. The first-order chi connectivity index (χ1) is 11.9. The molecule has 0 aliphatic carbocycles. The van der Waals surface area contributed by atoms with E-state index in [0.717, 1.165) is 33.9 Å². The van der Waals surface area contributed by atoms with Crippen LogP contribution in [0.3, 0.4) is 0 Å². The molecule has 5 heteroatoms. The van der Waals surface area contributed by atoms with Crippen molar-refractivity contribution in [3.63, 3.8) is 0 Å². The molecule has 4 aromatic rings. The summed E-state index contributed by atoms with van der Waals surface area (Å²) in [5.74, 6) is 2.25. The Bertz CT molecular complexity index is 968. The van der Waals surface area contributed by atoms with Crippen molar-refractivity contribution < 1.29 is 4.74 Å². The molecule has 24 heavy (non-hydrogen) atoms. The number of ether oxygens (including phenoxy) is 1. The zero-order chi connectivity index (χ0) is 16.2. The summed E-state index contributed by atoms with van der Waals surface area (Å²) in [4.78, 5) is 12.6. The molecule has 0 spiro atoms. The zero-order valence-electron chi connectivity index (χ0n) is 12.8. The van der Waals surface area contributed by atoms with E-state index < -0.39 is 0 Å². The van der Waals surface area contributed by atoms with Gasteiger partial charge in [-0.05, 0) is 36.4 Å².